The molecule has 2 aliphatic heterocycles. The van der Waals surface area contributed by atoms with Gasteiger partial charge in [-0.3, -0.25) is 9.59 Å². The van der Waals surface area contributed by atoms with Crippen LogP contribution in [0.15, 0.2) is 67.0 Å². The molecule has 2 aliphatic rings. The lowest BCUT2D eigenvalue weighted by Crippen LogP contribution is -2.55. The number of morpholine rings is 1. The van der Waals surface area contributed by atoms with Gasteiger partial charge in [0.05, 0.1) is 12.1 Å². The Labute approximate surface area is 204 Å². The van der Waals surface area contributed by atoms with Gasteiger partial charge in [-0.15, -0.1) is 0 Å². The number of rotatable bonds is 4. The quantitative estimate of drug-likeness (QED) is 0.620. The van der Waals surface area contributed by atoms with E-state index in [0.29, 0.717) is 37.6 Å². The molecule has 0 aliphatic carbocycles. The molecule has 1 spiro atoms. The van der Waals surface area contributed by atoms with Gasteiger partial charge in [-0.1, -0.05) is 23.8 Å². The topological polar surface area (TPSA) is 87.7 Å². The monoisotopic (exact) mass is 471 g/mol. The second-order valence-corrected chi connectivity index (χ2v) is 9.21. The van der Waals surface area contributed by atoms with Crippen molar-refractivity contribution in [1.29, 1.82) is 0 Å². The number of nitrogens with one attached hydrogen (secondary N) is 1. The van der Waals surface area contributed by atoms with E-state index in [4.69, 9.17) is 4.74 Å². The van der Waals surface area contributed by atoms with E-state index in [9.17, 15) is 9.59 Å². The smallest absolute Gasteiger partial charge is 0.253 e. The normalized spacial score (nSPS) is 20.5. The number of amides is 2. The molecule has 1 aromatic heterocycles. The Balaban J connectivity index is 1.27. The molecule has 0 unspecified atom stereocenters. The number of carbonyl (C=O) groups is 2. The van der Waals surface area contributed by atoms with Gasteiger partial charge in [-0.25, -0.2) is 9.97 Å². The highest BCUT2D eigenvalue weighted by atomic mass is 16.5. The number of anilines is 3. The summed E-state index contributed by atoms with van der Waals surface area (Å²) >= 11 is 0. The molecule has 0 saturated carbocycles. The molecule has 1 N–H and O–H groups in total. The summed E-state index contributed by atoms with van der Waals surface area (Å²) in [4.78, 5) is 38.1. The van der Waals surface area contributed by atoms with Crippen LogP contribution >= 0.6 is 0 Å². The molecule has 180 valence electrons. The first-order valence-corrected chi connectivity index (χ1v) is 12.0. The fraction of sp³-hybridized carbons (Fsp3) is 0.333. The van der Waals surface area contributed by atoms with Gasteiger partial charge in [-0.05, 0) is 62.6 Å². The fourth-order valence-electron chi connectivity index (χ4n) is 4.75. The van der Waals surface area contributed by atoms with E-state index in [0.717, 1.165) is 29.8 Å². The third kappa shape index (κ3) is 5.17. The summed E-state index contributed by atoms with van der Waals surface area (Å²) < 4.78 is 6.14. The van der Waals surface area contributed by atoms with Crippen LogP contribution in [0, 0.1) is 6.92 Å². The first-order chi connectivity index (χ1) is 17.0. The standard InChI is InChI=1S/C27H29N5O3/c1-20-7-9-23(10-8-20)32-19-27(35-18-24(32)33)11-3-15-31(16-12-27)25(34)21-5-2-6-22(17-21)30-26-28-13-4-14-29-26/h2,4-10,13-14,17H,3,11-12,15-16,18-19H2,1H3,(H,28,29,30)/t27-/m0/s1. The van der Waals surface area contributed by atoms with E-state index in [2.05, 4.69) is 15.3 Å². The van der Waals surface area contributed by atoms with E-state index >= 15 is 0 Å². The highest BCUT2D eigenvalue weighted by molar-refractivity contribution is 5.96. The van der Waals surface area contributed by atoms with Gasteiger partial charge >= 0.3 is 0 Å². The van der Waals surface area contributed by atoms with Crippen LogP contribution < -0.4 is 10.2 Å². The Morgan fingerprint density at radius 2 is 1.83 bits per heavy atom. The Hall–Kier alpha value is -3.78. The van der Waals surface area contributed by atoms with E-state index < -0.39 is 5.60 Å². The summed E-state index contributed by atoms with van der Waals surface area (Å²) in [6.45, 7) is 3.84. The van der Waals surface area contributed by atoms with Crippen LogP contribution in [-0.2, 0) is 9.53 Å². The molecular weight excluding hydrogens is 442 g/mol. The molecule has 2 amide bonds. The summed E-state index contributed by atoms with van der Waals surface area (Å²) in [7, 11) is 0. The van der Waals surface area contributed by atoms with Crippen molar-refractivity contribution >= 4 is 29.1 Å². The van der Waals surface area contributed by atoms with E-state index in [-0.39, 0.29) is 18.4 Å². The maximum Gasteiger partial charge on any atom is 0.253 e. The molecule has 35 heavy (non-hydrogen) atoms. The maximum absolute atomic E-state index is 13.4. The molecule has 0 bridgehead atoms. The molecule has 3 heterocycles. The molecule has 1 atom stereocenters. The molecule has 2 aromatic carbocycles. The van der Waals surface area contributed by atoms with Crippen LogP contribution in [0.4, 0.5) is 17.3 Å². The van der Waals surface area contributed by atoms with Crippen LogP contribution in [0.5, 0.6) is 0 Å². The van der Waals surface area contributed by atoms with Crippen LogP contribution in [0.2, 0.25) is 0 Å². The number of hydrogen-bond donors (Lipinski definition) is 1. The van der Waals surface area contributed by atoms with Crippen molar-refractivity contribution < 1.29 is 14.3 Å². The Morgan fingerprint density at radius 3 is 2.63 bits per heavy atom. The van der Waals surface area contributed by atoms with Crippen molar-refractivity contribution in [3.05, 3.63) is 78.1 Å². The number of benzene rings is 2. The van der Waals surface area contributed by atoms with Gasteiger partial charge in [0.1, 0.15) is 6.61 Å². The Morgan fingerprint density at radius 1 is 1.03 bits per heavy atom. The predicted molar refractivity (Wildman–Crippen MR) is 134 cm³/mol. The van der Waals surface area contributed by atoms with Gasteiger partial charge in [-0.2, -0.15) is 0 Å². The highest BCUT2D eigenvalue weighted by Crippen LogP contribution is 2.33. The minimum atomic E-state index is -0.443. The molecule has 5 rings (SSSR count). The number of carbonyl (C=O) groups excluding carboxylic acids is 2. The molecule has 8 nitrogen and oxygen atoms in total. The molecule has 0 radical (unpaired) electrons. The SMILES string of the molecule is Cc1ccc(N2C[C@@]3(CCCN(C(=O)c4cccc(Nc5ncccn5)c4)CC3)OCC2=O)cc1. The van der Waals surface area contributed by atoms with Crippen LogP contribution in [0.1, 0.15) is 35.2 Å². The minimum absolute atomic E-state index is 0.0121. The second kappa shape index (κ2) is 9.84. The average Bonchev–Trinajstić information content (AvgIpc) is 3.09. The average molecular weight is 472 g/mol. The maximum atomic E-state index is 13.4. The molecule has 2 fully saturated rings. The van der Waals surface area contributed by atoms with Gasteiger partial charge in [0.15, 0.2) is 0 Å². The van der Waals surface area contributed by atoms with Gasteiger partial charge < -0.3 is 19.9 Å². The third-order valence-electron chi connectivity index (χ3n) is 6.71. The predicted octanol–water partition coefficient (Wildman–Crippen LogP) is 3.96. The molecule has 3 aromatic rings. The molecular formula is C27H29N5O3. The number of ether oxygens (including phenoxy) is 1. The van der Waals surface area contributed by atoms with Crippen molar-refractivity contribution in [3.8, 4) is 0 Å². The zero-order valence-electron chi connectivity index (χ0n) is 19.8. The summed E-state index contributed by atoms with van der Waals surface area (Å²) in [6, 6.07) is 17.2. The zero-order valence-corrected chi connectivity index (χ0v) is 19.8. The highest BCUT2D eigenvalue weighted by Gasteiger charge is 2.42. The van der Waals surface area contributed by atoms with E-state index in [1.165, 1.54) is 0 Å². The summed E-state index contributed by atoms with van der Waals surface area (Å²) in [6.07, 6.45) is 5.64. The number of nitrogens with zero attached hydrogens (tertiary/aromatic N) is 4. The van der Waals surface area contributed by atoms with E-state index in [1.54, 1.807) is 18.5 Å². The van der Waals surface area contributed by atoms with E-state index in [1.807, 2.05) is 65.3 Å². The number of aromatic nitrogens is 2. The lowest BCUT2D eigenvalue weighted by molar-refractivity contribution is -0.140. The molecule has 2 saturated heterocycles. The lowest BCUT2D eigenvalue weighted by Gasteiger charge is -2.42. The molecule has 8 heteroatoms. The zero-order chi connectivity index (χ0) is 24.3. The van der Waals surface area contributed by atoms with Gasteiger partial charge in [0, 0.05) is 42.4 Å². The van der Waals surface area contributed by atoms with Crippen LogP contribution in [0.25, 0.3) is 0 Å². The van der Waals surface area contributed by atoms with Crippen LogP contribution in [-0.4, -0.2) is 58.5 Å². The Kier molecular flexibility index (Phi) is 6.46. The Bertz CT molecular complexity index is 1200. The fourth-order valence-corrected chi connectivity index (χ4v) is 4.75. The summed E-state index contributed by atoms with van der Waals surface area (Å²) in [5.41, 5.74) is 2.98. The minimum Gasteiger partial charge on any atom is -0.363 e. The van der Waals surface area contributed by atoms with Crippen molar-refractivity contribution in [2.45, 2.75) is 31.8 Å². The first kappa shape index (κ1) is 23.0. The summed E-state index contributed by atoms with van der Waals surface area (Å²) in [5.74, 6) is 0.446. The summed E-state index contributed by atoms with van der Waals surface area (Å²) in [5, 5.41) is 3.14. The van der Waals surface area contributed by atoms with Crippen molar-refractivity contribution in [2.24, 2.45) is 0 Å². The number of likely N-dealkylation sites (tertiary alicyclic amines) is 1. The van der Waals surface area contributed by atoms with Gasteiger partial charge in [0.25, 0.3) is 11.8 Å². The van der Waals surface area contributed by atoms with Gasteiger partial charge in [0.2, 0.25) is 5.95 Å². The van der Waals surface area contributed by atoms with Crippen molar-refractivity contribution in [3.63, 3.8) is 0 Å². The third-order valence-corrected chi connectivity index (χ3v) is 6.71. The van der Waals surface area contributed by atoms with Crippen molar-refractivity contribution in [2.75, 3.05) is 36.5 Å². The number of aryl methyl sites for hydroxylation is 1. The van der Waals surface area contributed by atoms with Crippen molar-refractivity contribution in [1.82, 2.24) is 14.9 Å². The lowest BCUT2D eigenvalue weighted by atomic mass is 9.92. The number of hydrogen-bond acceptors (Lipinski definition) is 6. The largest absolute Gasteiger partial charge is 0.363 e. The van der Waals surface area contributed by atoms with Crippen LogP contribution in [0.3, 0.4) is 0 Å². The second-order valence-electron chi connectivity index (χ2n) is 9.21. The first-order valence-electron chi connectivity index (χ1n) is 12.0.